The summed E-state index contributed by atoms with van der Waals surface area (Å²) in [6.07, 6.45) is -8.08. The van der Waals surface area contributed by atoms with Crippen molar-refractivity contribution >= 4 is 21.8 Å². The van der Waals surface area contributed by atoms with Gasteiger partial charge in [0, 0.05) is 13.0 Å². The van der Waals surface area contributed by atoms with Gasteiger partial charge in [0.25, 0.3) is 5.69 Å². The molecule has 0 bridgehead atoms. The SMILES string of the molecule is CC(=O)Oc1ccc(C(OS(=O)(=O)c2ccccc2[N+](=O)[O-])C(F)(F)F)cc1. The van der Waals surface area contributed by atoms with E-state index >= 15 is 0 Å². The first kappa shape index (κ1) is 21.3. The van der Waals surface area contributed by atoms with Crippen molar-refractivity contribution in [2.24, 2.45) is 0 Å². The summed E-state index contributed by atoms with van der Waals surface area (Å²) in [6.45, 7) is 1.09. The summed E-state index contributed by atoms with van der Waals surface area (Å²) in [5, 5.41) is 11.0. The molecule has 2 aromatic rings. The van der Waals surface area contributed by atoms with Crippen LogP contribution in [-0.4, -0.2) is 25.5 Å². The predicted molar refractivity (Wildman–Crippen MR) is 87.9 cm³/mol. The van der Waals surface area contributed by atoms with E-state index in [1.807, 2.05) is 0 Å². The number of alkyl halides is 3. The van der Waals surface area contributed by atoms with Crippen LogP contribution in [0.15, 0.2) is 53.4 Å². The van der Waals surface area contributed by atoms with Crippen molar-refractivity contribution in [3.63, 3.8) is 0 Å². The van der Waals surface area contributed by atoms with Crippen LogP contribution >= 0.6 is 0 Å². The maximum Gasteiger partial charge on any atom is 0.420 e. The van der Waals surface area contributed by atoms with Crippen LogP contribution in [0.2, 0.25) is 0 Å². The fraction of sp³-hybridized carbons (Fsp3) is 0.188. The van der Waals surface area contributed by atoms with Crippen LogP contribution in [0.1, 0.15) is 18.6 Å². The maximum absolute atomic E-state index is 13.4. The molecule has 0 spiro atoms. The lowest BCUT2D eigenvalue weighted by Gasteiger charge is -2.21. The van der Waals surface area contributed by atoms with Crippen LogP contribution in [-0.2, 0) is 19.1 Å². The largest absolute Gasteiger partial charge is 0.427 e. The van der Waals surface area contributed by atoms with Crippen molar-refractivity contribution in [2.45, 2.75) is 24.1 Å². The quantitative estimate of drug-likeness (QED) is 0.231. The molecule has 2 rings (SSSR count). The van der Waals surface area contributed by atoms with E-state index in [2.05, 4.69) is 4.18 Å². The average Bonchev–Trinajstić information content (AvgIpc) is 2.59. The minimum Gasteiger partial charge on any atom is -0.427 e. The Balaban J connectivity index is 2.43. The van der Waals surface area contributed by atoms with Gasteiger partial charge < -0.3 is 4.74 Å². The first-order valence-electron chi connectivity index (χ1n) is 7.43. The van der Waals surface area contributed by atoms with E-state index in [1.54, 1.807) is 0 Å². The third-order valence-electron chi connectivity index (χ3n) is 3.30. The molecule has 0 aromatic heterocycles. The van der Waals surface area contributed by atoms with E-state index in [4.69, 9.17) is 4.74 Å². The number of benzene rings is 2. The number of rotatable bonds is 6. The second-order valence-electron chi connectivity index (χ2n) is 5.36. The number of ether oxygens (including phenoxy) is 1. The Kier molecular flexibility index (Phi) is 6.04. The highest BCUT2D eigenvalue weighted by Gasteiger charge is 2.46. The number of halogens is 3. The Bertz CT molecular complexity index is 988. The van der Waals surface area contributed by atoms with Gasteiger partial charge in [-0.15, -0.1) is 0 Å². The Morgan fingerprint density at radius 3 is 2.18 bits per heavy atom. The first-order valence-corrected chi connectivity index (χ1v) is 8.84. The number of esters is 1. The molecular weight excluding hydrogens is 407 g/mol. The summed E-state index contributed by atoms with van der Waals surface area (Å²) in [5.74, 6) is -0.755. The molecule has 0 saturated heterocycles. The fourth-order valence-electron chi connectivity index (χ4n) is 2.17. The van der Waals surface area contributed by atoms with Gasteiger partial charge in [-0.3, -0.25) is 14.9 Å². The molecule has 1 atom stereocenters. The third kappa shape index (κ3) is 5.04. The minimum absolute atomic E-state index is 0.0567. The number of para-hydroxylation sites is 1. The summed E-state index contributed by atoms with van der Waals surface area (Å²) in [6, 6.07) is 7.65. The highest BCUT2D eigenvalue weighted by Crippen LogP contribution is 2.39. The molecule has 28 heavy (non-hydrogen) atoms. The van der Waals surface area contributed by atoms with Crippen molar-refractivity contribution < 1.29 is 40.2 Å². The molecular formula is C16H12F3NO7S. The van der Waals surface area contributed by atoms with Gasteiger partial charge >= 0.3 is 22.3 Å². The molecule has 150 valence electrons. The van der Waals surface area contributed by atoms with Gasteiger partial charge in [-0.25, -0.2) is 4.18 Å². The van der Waals surface area contributed by atoms with Gasteiger partial charge in [-0.2, -0.15) is 21.6 Å². The molecule has 0 heterocycles. The molecule has 8 nitrogen and oxygen atoms in total. The van der Waals surface area contributed by atoms with Gasteiger partial charge in [-0.05, 0) is 23.8 Å². The third-order valence-corrected chi connectivity index (χ3v) is 4.63. The zero-order chi connectivity index (χ0) is 21.1. The molecule has 12 heteroatoms. The standard InChI is InChI=1S/C16H12F3NO7S/c1-10(21)26-12-8-6-11(7-9-12)15(16(17,18)19)27-28(24,25)14-5-3-2-4-13(14)20(22)23/h2-9,15H,1H3. The van der Waals surface area contributed by atoms with Crippen LogP contribution < -0.4 is 4.74 Å². The van der Waals surface area contributed by atoms with E-state index in [9.17, 15) is 36.5 Å². The molecule has 0 saturated carbocycles. The van der Waals surface area contributed by atoms with Gasteiger partial charge in [0.15, 0.2) is 11.0 Å². The topological polar surface area (TPSA) is 113 Å². The van der Waals surface area contributed by atoms with Crippen molar-refractivity contribution in [3.8, 4) is 5.75 Å². The van der Waals surface area contributed by atoms with E-state index < -0.39 is 49.4 Å². The Morgan fingerprint density at radius 1 is 1.11 bits per heavy atom. The highest BCUT2D eigenvalue weighted by molar-refractivity contribution is 7.87. The molecule has 0 aliphatic carbocycles. The number of nitrogens with zero attached hydrogens (tertiary/aromatic N) is 1. The van der Waals surface area contributed by atoms with Crippen molar-refractivity contribution in [3.05, 3.63) is 64.2 Å². The summed E-state index contributed by atoms with van der Waals surface area (Å²) in [7, 11) is -5.14. The van der Waals surface area contributed by atoms with Gasteiger partial charge in [-0.1, -0.05) is 24.3 Å². The second kappa shape index (κ2) is 7.94. The Morgan fingerprint density at radius 2 is 1.68 bits per heavy atom. The number of hydrogen-bond acceptors (Lipinski definition) is 7. The van der Waals surface area contributed by atoms with Crippen LogP contribution in [0.5, 0.6) is 5.75 Å². The van der Waals surface area contributed by atoms with E-state index in [-0.39, 0.29) is 5.75 Å². The highest BCUT2D eigenvalue weighted by atomic mass is 32.2. The summed E-state index contributed by atoms with van der Waals surface area (Å²) in [4.78, 5) is 19.8. The lowest BCUT2D eigenvalue weighted by Crippen LogP contribution is -2.26. The predicted octanol–water partition coefficient (Wildman–Crippen LogP) is 3.53. The zero-order valence-corrected chi connectivity index (χ0v) is 14.9. The normalized spacial score (nSPS) is 13.0. The second-order valence-corrected chi connectivity index (χ2v) is 6.90. The zero-order valence-electron chi connectivity index (χ0n) is 14.0. The molecule has 0 aliphatic heterocycles. The monoisotopic (exact) mass is 419 g/mol. The van der Waals surface area contributed by atoms with Gasteiger partial charge in [0.2, 0.25) is 0 Å². The number of carbonyl (C=O) groups is 1. The van der Waals surface area contributed by atoms with E-state index in [0.717, 1.165) is 55.5 Å². The van der Waals surface area contributed by atoms with Crippen molar-refractivity contribution in [1.82, 2.24) is 0 Å². The molecule has 0 radical (unpaired) electrons. The smallest absolute Gasteiger partial charge is 0.420 e. The van der Waals surface area contributed by atoms with Crippen LogP contribution in [0.25, 0.3) is 0 Å². The Labute approximate surface area is 156 Å². The van der Waals surface area contributed by atoms with Crippen LogP contribution in [0.3, 0.4) is 0 Å². The minimum atomic E-state index is -5.15. The number of nitro groups is 1. The van der Waals surface area contributed by atoms with Crippen LogP contribution in [0.4, 0.5) is 18.9 Å². The van der Waals surface area contributed by atoms with Gasteiger partial charge in [0.05, 0.1) is 4.92 Å². The Hall–Kier alpha value is -2.99. The molecule has 0 aliphatic rings. The summed E-state index contributed by atoms with van der Waals surface area (Å²) < 4.78 is 73.9. The van der Waals surface area contributed by atoms with Crippen LogP contribution in [0, 0.1) is 10.1 Å². The van der Waals surface area contributed by atoms with E-state index in [1.165, 1.54) is 0 Å². The molecule has 1 unspecified atom stereocenters. The fourth-order valence-corrected chi connectivity index (χ4v) is 3.39. The average molecular weight is 419 g/mol. The molecule has 0 amide bonds. The summed E-state index contributed by atoms with van der Waals surface area (Å²) >= 11 is 0. The lowest BCUT2D eigenvalue weighted by molar-refractivity contribution is -0.388. The molecule has 0 N–H and O–H groups in total. The number of hydrogen-bond donors (Lipinski definition) is 0. The molecule has 0 fully saturated rings. The first-order chi connectivity index (χ1) is 12.9. The van der Waals surface area contributed by atoms with Crippen molar-refractivity contribution in [2.75, 3.05) is 0 Å². The molecule has 2 aromatic carbocycles. The van der Waals surface area contributed by atoms with Gasteiger partial charge in [0.1, 0.15) is 5.75 Å². The lowest BCUT2D eigenvalue weighted by atomic mass is 10.1. The maximum atomic E-state index is 13.4. The number of carbonyl (C=O) groups excluding carboxylic acids is 1. The summed E-state index contributed by atoms with van der Waals surface area (Å²) in [5.41, 5.74) is -1.53. The number of nitro benzene ring substituents is 1. The van der Waals surface area contributed by atoms with E-state index in [0.29, 0.717) is 0 Å². The van der Waals surface area contributed by atoms with Crippen molar-refractivity contribution in [1.29, 1.82) is 0 Å².